The lowest BCUT2D eigenvalue weighted by atomic mass is 9.93. The van der Waals surface area contributed by atoms with Crippen LogP contribution in [-0.4, -0.2) is 71.2 Å². The molecule has 7 nitrogen and oxygen atoms in total. The third-order valence-electron chi connectivity index (χ3n) is 7.17. The average Bonchev–Trinajstić information content (AvgIpc) is 3.47. The number of aromatic nitrogens is 1. The maximum absolute atomic E-state index is 15.2. The standard InChI is InChI=1S/C24H27FN4O3/c25-21-14-19(27-10-12-28(13-11-27)23(31)32)3-4-20(21)24(6-7-24)22(30)29-9-5-18(16-29)17-2-1-8-26-15-17/h1-4,8,14-15,18H,5-7,9-13,16H2,(H,31,32). The molecule has 1 atom stereocenters. The largest absolute Gasteiger partial charge is 0.465 e. The Labute approximate surface area is 186 Å². The molecule has 32 heavy (non-hydrogen) atoms. The number of anilines is 1. The van der Waals surface area contributed by atoms with Crippen molar-refractivity contribution in [1.82, 2.24) is 14.8 Å². The Bertz CT molecular complexity index is 1020. The van der Waals surface area contributed by atoms with Gasteiger partial charge in [-0.2, -0.15) is 0 Å². The highest BCUT2D eigenvalue weighted by atomic mass is 19.1. The molecule has 2 amide bonds. The van der Waals surface area contributed by atoms with Gasteiger partial charge in [0.1, 0.15) is 5.82 Å². The van der Waals surface area contributed by atoms with E-state index in [1.165, 1.54) is 11.0 Å². The summed E-state index contributed by atoms with van der Waals surface area (Å²) in [5.41, 5.74) is 1.62. The third-order valence-corrected chi connectivity index (χ3v) is 7.17. The number of carboxylic acid groups (broad SMARTS) is 1. The first-order valence-electron chi connectivity index (χ1n) is 11.2. The normalized spacial score (nSPS) is 22.2. The van der Waals surface area contributed by atoms with E-state index >= 15 is 4.39 Å². The number of benzene rings is 1. The number of rotatable bonds is 4. The molecule has 3 fully saturated rings. The lowest BCUT2D eigenvalue weighted by molar-refractivity contribution is -0.133. The highest BCUT2D eigenvalue weighted by Gasteiger charge is 2.55. The van der Waals surface area contributed by atoms with Crippen LogP contribution in [0, 0.1) is 5.82 Å². The van der Waals surface area contributed by atoms with Gasteiger partial charge in [-0.1, -0.05) is 12.1 Å². The number of nitrogens with zero attached hydrogens (tertiary/aromatic N) is 4. The van der Waals surface area contributed by atoms with Gasteiger partial charge < -0.3 is 19.8 Å². The molecular formula is C24H27FN4O3. The molecule has 2 saturated heterocycles. The Morgan fingerprint density at radius 2 is 1.84 bits per heavy atom. The molecule has 1 aromatic carbocycles. The topological polar surface area (TPSA) is 77.0 Å². The highest BCUT2D eigenvalue weighted by Crippen LogP contribution is 2.51. The lowest BCUT2D eigenvalue weighted by Crippen LogP contribution is -2.48. The van der Waals surface area contributed by atoms with Gasteiger partial charge in [-0.15, -0.1) is 0 Å². The molecule has 1 aromatic heterocycles. The van der Waals surface area contributed by atoms with Crippen molar-refractivity contribution < 1.29 is 19.1 Å². The Kier molecular flexibility index (Phi) is 5.23. The summed E-state index contributed by atoms with van der Waals surface area (Å²) < 4.78 is 15.2. The van der Waals surface area contributed by atoms with E-state index in [1.807, 2.05) is 34.2 Å². The van der Waals surface area contributed by atoms with Crippen LogP contribution in [0.15, 0.2) is 42.7 Å². The first-order valence-corrected chi connectivity index (χ1v) is 11.2. The second-order valence-corrected chi connectivity index (χ2v) is 9.03. The van der Waals surface area contributed by atoms with Crippen molar-refractivity contribution in [3.8, 4) is 0 Å². The van der Waals surface area contributed by atoms with Crippen molar-refractivity contribution in [2.24, 2.45) is 0 Å². The van der Waals surface area contributed by atoms with E-state index in [1.54, 1.807) is 12.3 Å². The summed E-state index contributed by atoms with van der Waals surface area (Å²) in [6.45, 7) is 3.19. The van der Waals surface area contributed by atoms with Crippen molar-refractivity contribution in [1.29, 1.82) is 0 Å². The SMILES string of the molecule is O=C(O)N1CCN(c2ccc(C3(C(=O)N4CCC(c5cccnc5)C4)CC3)c(F)c2)CC1. The molecule has 5 rings (SSSR count). The number of carbonyl (C=O) groups excluding carboxylic acids is 1. The van der Waals surface area contributed by atoms with Crippen molar-refractivity contribution in [3.63, 3.8) is 0 Å². The minimum Gasteiger partial charge on any atom is -0.465 e. The Morgan fingerprint density at radius 1 is 1.06 bits per heavy atom. The van der Waals surface area contributed by atoms with Crippen LogP contribution in [0.3, 0.4) is 0 Å². The van der Waals surface area contributed by atoms with E-state index < -0.39 is 11.5 Å². The van der Waals surface area contributed by atoms with Gasteiger partial charge in [-0.05, 0) is 43.0 Å². The van der Waals surface area contributed by atoms with E-state index in [-0.39, 0.29) is 17.6 Å². The summed E-state index contributed by atoms with van der Waals surface area (Å²) in [5.74, 6) is -0.0391. The Morgan fingerprint density at radius 3 is 2.47 bits per heavy atom. The van der Waals surface area contributed by atoms with Crippen LogP contribution in [0.1, 0.15) is 36.3 Å². The number of halogens is 1. The first kappa shape index (κ1) is 20.7. The van der Waals surface area contributed by atoms with Gasteiger partial charge in [0.15, 0.2) is 0 Å². The second-order valence-electron chi connectivity index (χ2n) is 9.03. The summed E-state index contributed by atoms with van der Waals surface area (Å²) in [5, 5.41) is 9.10. The summed E-state index contributed by atoms with van der Waals surface area (Å²) in [4.78, 5) is 34.0. The summed E-state index contributed by atoms with van der Waals surface area (Å²) in [6.07, 6.45) is 4.94. The third kappa shape index (κ3) is 3.67. The fourth-order valence-corrected chi connectivity index (χ4v) is 5.11. The number of piperazine rings is 1. The number of amides is 2. The molecule has 1 unspecified atom stereocenters. The van der Waals surface area contributed by atoms with Crippen LogP contribution >= 0.6 is 0 Å². The van der Waals surface area contributed by atoms with E-state index in [0.717, 1.165) is 17.7 Å². The minimum absolute atomic E-state index is 0.0330. The maximum atomic E-state index is 15.2. The van der Waals surface area contributed by atoms with Gasteiger partial charge in [0.05, 0.1) is 5.41 Å². The summed E-state index contributed by atoms with van der Waals surface area (Å²) in [6, 6.07) is 9.09. The zero-order valence-electron chi connectivity index (χ0n) is 17.9. The summed E-state index contributed by atoms with van der Waals surface area (Å²) in [7, 11) is 0. The molecule has 1 N–H and O–H groups in total. The van der Waals surface area contributed by atoms with E-state index in [4.69, 9.17) is 5.11 Å². The Hall–Kier alpha value is -3.16. The van der Waals surface area contributed by atoms with Crippen LogP contribution < -0.4 is 4.90 Å². The van der Waals surface area contributed by atoms with Gasteiger partial charge in [-0.3, -0.25) is 9.78 Å². The van der Waals surface area contributed by atoms with Crippen molar-refractivity contribution in [3.05, 3.63) is 59.7 Å². The minimum atomic E-state index is -0.923. The number of carbonyl (C=O) groups is 2. The molecule has 0 spiro atoms. The molecular weight excluding hydrogens is 411 g/mol. The molecule has 3 heterocycles. The lowest BCUT2D eigenvalue weighted by Gasteiger charge is -2.35. The molecule has 2 aliphatic heterocycles. The molecule has 2 aromatic rings. The molecule has 1 saturated carbocycles. The van der Waals surface area contributed by atoms with Crippen molar-refractivity contribution >= 4 is 17.7 Å². The van der Waals surface area contributed by atoms with Crippen LogP contribution in [0.2, 0.25) is 0 Å². The van der Waals surface area contributed by atoms with Gasteiger partial charge in [-0.25, -0.2) is 9.18 Å². The predicted molar refractivity (Wildman–Crippen MR) is 117 cm³/mol. The van der Waals surface area contributed by atoms with Gasteiger partial charge in [0, 0.05) is 68.8 Å². The summed E-state index contributed by atoms with van der Waals surface area (Å²) >= 11 is 0. The number of pyridine rings is 1. The second kappa shape index (κ2) is 8.07. The van der Waals surface area contributed by atoms with Crippen LogP contribution in [0.4, 0.5) is 14.9 Å². The smallest absolute Gasteiger partial charge is 0.407 e. The molecule has 0 bridgehead atoms. The molecule has 168 valence electrons. The fraction of sp³-hybridized carbons (Fsp3) is 0.458. The molecule has 0 radical (unpaired) electrons. The molecule has 3 aliphatic rings. The van der Waals surface area contributed by atoms with Crippen LogP contribution in [-0.2, 0) is 10.2 Å². The van der Waals surface area contributed by atoms with Crippen LogP contribution in [0.25, 0.3) is 0 Å². The van der Waals surface area contributed by atoms with E-state index in [0.29, 0.717) is 57.7 Å². The van der Waals surface area contributed by atoms with E-state index in [9.17, 15) is 9.59 Å². The first-order chi connectivity index (χ1) is 15.5. The average molecular weight is 439 g/mol. The number of hydrogen-bond acceptors (Lipinski definition) is 4. The molecule has 1 aliphatic carbocycles. The highest BCUT2D eigenvalue weighted by molar-refractivity contribution is 5.91. The Balaban J connectivity index is 1.28. The number of hydrogen-bond donors (Lipinski definition) is 1. The van der Waals surface area contributed by atoms with Gasteiger partial charge >= 0.3 is 6.09 Å². The van der Waals surface area contributed by atoms with Crippen molar-refractivity contribution in [2.45, 2.75) is 30.6 Å². The number of likely N-dealkylation sites (tertiary alicyclic amines) is 1. The van der Waals surface area contributed by atoms with Crippen LogP contribution in [0.5, 0.6) is 0 Å². The van der Waals surface area contributed by atoms with Gasteiger partial charge in [0.2, 0.25) is 5.91 Å². The predicted octanol–water partition coefficient (Wildman–Crippen LogP) is 3.07. The quantitative estimate of drug-likeness (QED) is 0.794. The van der Waals surface area contributed by atoms with Crippen molar-refractivity contribution in [2.75, 3.05) is 44.2 Å². The van der Waals surface area contributed by atoms with E-state index in [2.05, 4.69) is 4.98 Å². The van der Waals surface area contributed by atoms with Gasteiger partial charge in [0.25, 0.3) is 0 Å². The molecule has 8 heteroatoms. The zero-order valence-corrected chi connectivity index (χ0v) is 17.9. The monoisotopic (exact) mass is 438 g/mol. The maximum Gasteiger partial charge on any atom is 0.407 e. The fourth-order valence-electron chi connectivity index (χ4n) is 5.11. The zero-order chi connectivity index (χ0) is 22.3.